The van der Waals surface area contributed by atoms with Gasteiger partial charge in [-0.25, -0.2) is 0 Å². The van der Waals surface area contributed by atoms with Gasteiger partial charge in [0.15, 0.2) is 0 Å². The van der Waals surface area contributed by atoms with Crippen LogP contribution in [0.1, 0.15) is 52.9 Å². The van der Waals surface area contributed by atoms with E-state index in [-0.39, 0.29) is 11.9 Å². The molecule has 0 bridgehead atoms. The minimum atomic E-state index is -0.0329. The molecule has 2 aromatic rings. The minimum Gasteiger partial charge on any atom is -0.376 e. The second-order valence-corrected chi connectivity index (χ2v) is 7.81. The highest BCUT2D eigenvalue weighted by Gasteiger charge is 2.26. The Hall–Kier alpha value is -2.19. The van der Waals surface area contributed by atoms with Gasteiger partial charge in [0.2, 0.25) is 0 Å². The van der Waals surface area contributed by atoms with Crippen LogP contribution in [0.2, 0.25) is 0 Å². The van der Waals surface area contributed by atoms with E-state index < -0.39 is 0 Å². The van der Waals surface area contributed by atoms with Crippen LogP contribution in [0.5, 0.6) is 0 Å². The van der Waals surface area contributed by atoms with Crippen LogP contribution >= 0.6 is 0 Å². The van der Waals surface area contributed by atoms with Gasteiger partial charge in [-0.1, -0.05) is 0 Å². The standard InChI is InChI=1S/C20H30N6O2/c1-4-26-18-7-10-28-13-16(18)17(23-26)12-25-8-5-15(6-9-25)21-20(27)19-11-14(2)22-24(19)3/h11,15H,4-10,12-13H2,1-3H3,(H,21,27). The molecule has 0 atom stereocenters. The van der Waals surface area contributed by atoms with E-state index in [1.165, 1.54) is 11.3 Å². The molecule has 0 radical (unpaired) electrons. The first-order chi connectivity index (χ1) is 13.5. The zero-order valence-corrected chi connectivity index (χ0v) is 17.1. The fourth-order valence-electron chi connectivity index (χ4n) is 4.30. The lowest BCUT2D eigenvalue weighted by atomic mass is 10.0. The van der Waals surface area contributed by atoms with Gasteiger partial charge < -0.3 is 10.1 Å². The van der Waals surface area contributed by atoms with Crippen molar-refractivity contribution in [2.75, 3.05) is 19.7 Å². The summed E-state index contributed by atoms with van der Waals surface area (Å²) >= 11 is 0. The van der Waals surface area contributed by atoms with Gasteiger partial charge in [-0.05, 0) is 32.8 Å². The summed E-state index contributed by atoms with van der Waals surface area (Å²) < 4.78 is 9.45. The van der Waals surface area contributed by atoms with Crippen molar-refractivity contribution in [3.8, 4) is 0 Å². The van der Waals surface area contributed by atoms with Crippen LogP contribution in [0, 0.1) is 6.92 Å². The number of rotatable bonds is 5. The third-order valence-electron chi connectivity index (χ3n) is 5.81. The van der Waals surface area contributed by atoms with Crippen LogP contribution < -0.4 is 5.32 Å². The molecule has 0 unspecified atom stereocenters. The molecule has 0 spiro atoms. The van der Waals surface area contributed by atoms with Crippen molar-refractivity contribution in [2.24, 2.45) is 7.05 Å². The number of piperidine rings is 1. The molecule has 8 heteroatoms. The number of likely N-dealkylation sites (tertiary alicyclic amines) is 1. The number of nitrogens with one attached hydrogen (secondary N) is 1. The Labute approximate surface area is 165 Å². The van der Waals surface area contributed by atoms with E-state index in [4.69, 9.17) is 9.84 Å². The Morgan fingerprint density at radius 3 is 2.79 bits per heavy atom. The van der Waals surface area contributed by atoms with Crippen molar-refractivity contribution in [2.45, 2.75) is 58.8 Å². The van der Waals surface area contributed by atoms with Crippen molar-refractivity contribution in [3.05, 3.63) is 34.4 Å². The lowest BCUT2D eigenvalue weighted by Gasteiger charge is -2.32. The molecule has 0 aliphatic carbocycles. The van der Waals surface area contributed by atoms with Gasteiger partial charge >= 0.3 is 0 Å². The number of carbonyl (C=O) groups is 1. The van der Waals surface area contributed by atoms with E-state index in [1.54, 1.807) is 4.68 Å². The average Bonchev–Trinajstić information content (AvgIpc) is 3.22. The largest absolute Gasteiger partial charge is 0.376 e. The molecule has 1 N–H and O–H groups in total. The molecule has 2 aromatic heterocycles. The number of ether oxygens (including phenoxy) is 1. The van der Waals surface area contributed by atoms with Crippen molar-refractivity contribution in [1.82, 2.24) is 29.8 Å². The molecule has 2 aliphatic heterocycles. The third kappa shape index (κ3) is 3.84. The van der Waals surface area contributed by atoms with Gasteiger partial charge in [-0.15, -0.1) is 0 Å². The van der Waals surface area contributed by atoms with E-state index in [2.05, 4.69) is 26.9 Å². The summed E-state index contributed by atoms with van der Waals surface area (Å²) in [4.78, 5) is 14.9. The molecule has 4 rings (SSSR count). The second-order valence-electron chi connectivity index (χ2n) is 7.81. The Morgan fingerprint density at radius 2 is 2.11 bits per heavy atom. The van der Waals surface area contributed by atoms with Crippen LogP contribution in [0.4, 0.5) is 0 Å². The van der Waals surface area contributed by atoms with Crippen LogP contribution in [0.15, 0.2) is 6.07 Å². The predicted molar refractivity (Wildman–Crippen MR) is 105 cm³/mol. The van der Waals surface area contributed by atoms with Crippen molar-refractivity contribution >= 4 is 5.91 Å². The summed E-state index contributed by atoms with van der Waals surface area (Å²) in [6.07, 6.45) is 2.86. The summed E-state index contributed by atoms with van der Waals surface area (Å²) in [6.45, 7) is 9.21. The molecule has 2 aliphatic rings. The summed E-state index contributed by atoms with van der Waals surface area (Å²) in [5.41, 5.74) is 5.27. The summed E-state index contributed by atoms with van der Waals surface area (Å²) in [7, 11) is 1.81. The number of aryl methyl sites for hydroxylation is 3. The Morgan fingerprint density at radius 1 is 1.32 bits per heavy atom. The zero-order valence-electron chi connectivity index (χ0n) is 17.1. The fourth-order valence-corrected chi connectivity index (χ4v) is 4.30. The number of carbonyl (C=O) groups excluding carboxylic acids is 1. The van der Waals surface area contributed by atoms with Crippen LogP contribution in [-0.4, -0.2) is 56.1 Å². The summed E-state index contributed by atoms with van der Waals surface area (Å²) in [5, 5.41) is 12.3. The maximum Gasteiger partial charge on any atom is 0.269 e. The van der Waals surface area contributed by atoms with Crippen molar-refractivity contribution < 1.29 is 9.53 Å². The SMILES string of the molecule is CCn1nc(CN2CCC(NC(=O)c3cc(C)nn3C)CC2)c2c1CCOC2. The quantitative estimate of drug-likeness (QED) is 0.841. The summed E-state index contributed by atoms with van der Waals surface area (Å²) in [5.74, 6) is -0.0329. The van der Waals surface area contributed by atoms with Gasteiger partial charge in [0.1, 0.15) is 5.69 Å². The number of hydrogen-bond donors (Lipinski definition) is 1. The molecule has 1 amide bonds. The van der Waals surface area contributed by atoms with Gasteiger partial charge in [0.05, 0.1) is 24.6 Å². The number of fused-ring (bicyclic) bond motifs is 1. The minimum absolute atomic E-state index is 0.0329. The summed E-state index contributed by atoms with van der Waals surface area (Å²) in [6, 6.07) is 2.05. The van der Waals surface area contributed by atoms with E-state index in [0.29, 0.717) is 12.3 Å². The van der Waals surface area contributed by atoms with Crippen molar-refractivity contribution in [3.63, 3.8) is 0 Å². The molecule has 0 aromatic carbocycles. The Bertz CT molecular complexity index is 847. The van der Waals surface area contributed by atoms with Crippen LogP contribution in [-0.2, 0) is 37.9 Å². The third-order valence-corrected chi connectivity index (χ3v) is 5.81. The first-order valence-electron chi connectivity index (χ1n) is 10.2. The van der Waals surface area contributed by atoms with E-state index in [0.717, 1.165) is 63.4 Å². The van der Waals surface area contributed by atoms with Gasteiger partial charge in [0.25, 0.3) is 5.91 Å². The molecule has 1 fully saturated rings. The van der Waals surface area contributed by atoms with Gasteiger partial charge in [0, 0.05) is 56.9 Å². The maximum absolute atomic E-state index is 12.5. The molecule has 0 saturated carbocycles. The topological polar surface area (TPSA) is 77.2 Å². The Kier molecular flexibility index (Phi) is 5.50. The molecule has 1 saturated heterocycles. The first-order valence-corrected chi connectivity index (χ1v) is 10.2. The predicted octanol–water partition coefficient (Wildman–Crippen LogP) is 1.41. The highest BCUT2D eigenvalue weighted by Crippen LogP contribution is 2.23. The lowest BCUT2D eigenvalue weighted by Crippen LogP contribution is -2.44. The first kappa shape index (κ1) is 19.1. The highest BCUT2D eigenvalue weighted by molar-refractivity contribution is 5.92. The van der Waals surface area contributed by atoms with Gasteiger partial charge in [-0.3, -0.25) is 19.1 Å². The van der Waals surface area contributed by atoms with Crippen molar-refractivity contribution in [1.29, 1.82) is 0 Å². The fraction of sp³-hybridized carbons (Fsp3) is 0.650. The molecule has 8 nitrogen and oxygen atoms in total. The maximum atomic E-state index is 12.5. The molecule has 152 valence electrons. The smallest absolute Gasteiger partial charge is 0.269 e. The van der Waals surface area contributed by atoms with Crippen LogP contribution in [0.3, 0.4) is 0 Å². The number of hydrogen-bond acceptors (Lipinski definition) is 5. The van der Waals surface area contributed by atoms with Gasteiger partial charge in [-0.2, -0.15) is 10.2 Å². The second kappa shape index (κ2) is 8.05. The number of amides is 1. The number of nitrogens with zero attached hydrogens (tertiary/aromatic N) is 5. The highest BCUT2D eigenvalue weighted by atomic mass is 16.5. The zero-order chi connectivity index (χ0) is 19.7. The van der Waals surface area contributed by atoms with Crippen LogP contribution in [0.25, 0.3) is 0 Å². The van der Waals surface area contributed by atoms with E-state index in [1.807, 2.05) is 20.0 Å². The average molecular weight is 387 g/mol. The molecular weight excluding hydrogens is 356 g/mol. The Balaban J connectivity index is 1.33. The molecule has 28 heavy (non-hydrogen) atoms. The monoisotopic (exact) mass is 386 g/mol. The molecule has 4 heterocycles. The normalized spacial score (nSPS) is 18.2. The number of aromatic nitrogens is 4. The van der Waals surface area contributed by atoms with E-state index in [9.17, 15) is 4.79 Å². The molecular formula is C20H30N6O2. The lowest BCUT2D eigenvalue weighted by molar-refractivity contribution is 0.0897. The van der Waals surface area contributed by atoms with E-state index >= 15 is 0 Å².